The number of aromatic nitrogens is 3. The Hall–Kier alpha value is -1.13. The van der Waals surface area contributed by atoms with Crippen LogP contribution < -0.4 is 0 Å². The average Bonchev–Trinajstić information content (AvgIpc) is 2.86. The predicted octanol–water partition coefficient (Wildman–Crippen LogP) is 1.96. The second-order valence-electron chi connectivity index (χ2n) is 4.11. The average molecular weight is 238 g/mol. The molecule has 84 valence electrons. The van der Waals surface area contributed by atoms with Crippen LogP contribution in [0.3, 0.4) is 0 Å². The minimum absolute atomic E-state index is 0.563. The summed E-state index contributed by atoms with van der Waals surface area (Å²) < 4.78 is 7.10. The first kappa shape index (κ1) is 10.1. The Bertz CT molecular complexity index is 505. The quantitative estimate of drug-likeness (QED) is 0.802. The van der Waals surface area contributed by atoms with Crippen LogP contribution in [-0.2, 0) is 11.2 Å². The summed E-state index contributed by atoms with van der Waals surface area (Å²) in [6.45, 7) is 1.69. The zero-order valence-electron chi connectivity index (χ0n) is 8.77. The van der Waals surface area contributed by atoms with Crippen LogP contribution in [0.15, 0.2) is 18.3 Å². The van der Waals surface area contributed by atoms with E-state index in [1.165, 1.54) is 0 Å². The number of fused-ring (bicyclic) bond motifs is 1. The summed E-state index contributed by atoms with van der Waals surface area (Å²) in [6, 6.07) is 3.63. The third-order valence-electron chi connectivity index (χ3n) is 2.84. The van der Waals surface area contributed by atoms with E-state index in [0.717, 1.165) is 37.5 Å². The van der Waals surface area contributed by atoms with Gasteiger partial charge >= 0.3 is 0 Å². The van der Waals surface area contributed by atoms with Gasteiger partial charge in [-0.1, -0.05) is 11.6 Å². The Labute approximate surface area is 98.2 Å². The van der Waals surface area contributed by atoms with E-state index >= 15 is 0 Å². The molecule has 0 radical (unpaired) electrons. The lowest BCUT2D eigenvalue weighted by Crippen LogP contribution is -2.05. The molecule has 0 spiro atoms. The molecule has 0 amide bonds. The molecule has 0 bridgehead atoms. The highest BCUT2D eigenvalue weighted by atomic mass is 35.5. The summed E-state index contributed by atoms with van der Waals surface area (Å²) in [4.78, 5) is 4.45. The fourth-order valence-electron chi connectivity index (χ4n) is 1.99. The van der Waals surface area contributed by atoms with Gasteiger partial charge < -0.3 is 4.74 Å². The van der Waals surface area contributed by atoms with Gasteiger partial charge in [-0.05, 0) is 18.4 Å². The predicted molar refractivity (Wildman–Crippen MR) is 60.6 cm³/mol. The van der Waals surface area contributed by atoms with E-state index in [1.54, 1.807) is 4.52 Å². The lowest BCUT2D eigenvalue weighted by Gasteiger charge is -2.01. The molecule has 1 unspecified atom stereocenters. The van der Waals surface area contributed by atoms with Crippen LogP contribution in [0.2, 0.25) is 5.02 Å². The van der Waals surface area contributed by atoms with Crippen LogP contribution in [0.5, 0.6) is 0 Å². The van der Waals surface area contributed by atoms with Crippen LogP contribution in [0.25, 0.3) is 5.65 Å². The van der Waals surface area contributed by atoms with Gasteiger partial charge in [0.15, 0.2) is 11.5 Å². The second kappa shape index (κ2) is 4.03. The van der Waals surface area contributed by atoms with Gasteiger partial charge in [-0.2, -0.15) is 5.10 Å². The molecule has 3 heterocycles. The first-order chi connectivity index (χ1) is 7.81. The molecule has 1 saturated heterocycles. The molecule has 2 aromatic rings. The van der Waals surface area contributed by atoms with Crippen molar-refractivity contribution in [3.8, 4) is 0 Å². The van der Waals surface area contributed by atoms with Gasteiger partial charge in [0.2, 0.25) is 0 Å². The van der Waals surface area contributed by atoms with E-state index in [9.17, 15) is 0 Å². The monoisotopic (exact) mass is 237 g/mol. The first-order valence-corrected chi connectivity index (χ1v) is 5.77. The van der Waals surface area contributed by atoms with Gasteiger partial charge in [0.05, 0.1) is 0 Å². The second-order valence-corrected chi connectivity index (χ2v) is 4.55. The number of rotatable bonds is 2. The van der Waals surface area contributed by atoms with Gasteiger partial charge in [0.25, 0.3) is 0 Å². The van der Waals surface area contributed by atoms with Crippen molar-refractivity contribution in [2.24, 2.45) is 5.92 Å². The number of nitrogens with zero attached hydrogens (tertiary/aromatic N) is 3. The van der Waals surface area contributed by atoms with Crippen molar-refractivity contribution in [2.45, 2.75) is 12.8 Å². The molecular formula is C11H12ClN3O. The van der Waals surface area contributed by atoms with E-state index in [2.05, 4.69) is 10.1 Å². The molecule has 1 aliphatic rings. The number of ether oxygens (including phenoxy) is 1. The molecule has 0 aliphatic carbocycles. The van der Waals surface area contributed by atoms with E-state index in [1.807, 2.05) is 18.3 Å². The van der Waals surface area contributed by atoms with Gasteiger partial charge in [-0.3, -0.25) is 0 Å². The molecule has 1 fully saturated rings. The number of hydrogen-bond donors (Lipinski definition) is 0. The molecule has 1 aliphatic heterocycles. The fourth-order valence-corrected chi connectivity index (χ4v) is 2.15. The van der Waals surface area contributed by atoms with E-state index in [-0.39, 0.29) is 0 Å². The summed E-state index contributed by atoms with van der Waals surface area (Å²) in [5, 5.41) is 5.10. The summed E-state index contributed by atoms with van der Waals surface area (Å²) in [7, 11) is 0. The Morgan fingerprint density at radius 1 is 1.56 bits per heavy atom. The third-order valence-corrected chi connectivity index (χ3v) is 3.07. The lowest BCUT2D eigenvalue weighted by molar-refractivity contribution is 0.185. The van der Waals surface area contributed by atoms with Crippen LogP contribution >= 0.6 is 11.6 Å². The van der Waals surface area contributed by atoms with Gasteiger partial charge in [0, 0.05) is 36.9 Å². The van der Waals surface area contributed by atoms with Gasteiger partial charge in [0.1, 0.15) is 0 Å². The summed E-state index contributed by atoms with van der Waals surface area (Å²) in [5.74, 6) is 1.44. The normalized spacial score (nSPS) is 20.7. The molecule has 1 atom stereocenters. The SMILES string of the molecule is Clc1ccn2nc(CC3CCOC3)nc2c1. The zero-order valence-corrected chi connectivity index (χ0v) is 9.52. The Morgan fingerprint density at radius 2 is 2.50 bits per heavy atom. The maximum Gasteiger partial charge on any atom is 0.157 e. The largest absolute Gasteiger partial charge is 0.381 e. The Morgan fingerprint density at radius 3 is 3.31 bits per heavy atom. The Balaban J connectivity index is 1.86. The van der Waals surface area contributed by atoms with Crippen LogP contribution in [-0.4, -0.2) is 27.8 Å². The fraction of sp³-hybridized carbons (Fsp3) is 0.455. The minimum Gasteiger partial charge on any atom is -0.381 e. The third kappa shape index (κ3) is 1.90. The van der Waals surface area contributed by atoms with Crippen molar-refractivity contribution < 1.29 is 4.74 Å². The Kier molecular flexibility index (Phi) is 2.53. The maximum absolute atomic E-state index is 5.90. The molecular weight excluding hydrogens is 226 g/mol. The summed E-state index contributed by atoms with van der Waals surface area (Å²) in [5.41, 5.74) is 0.807. The highest BCUT2D eigenvalue weighted by molar-refractivity contribution is 6.30. The highest BCUT2D eigenvalue weighted by Crippen LogP contribution is 2.17. The van der Waals surface area contributed by atoms with Crippen molar-refractivity contribution in [1.29, 1.82) is 0 Å². The van der Waals surface area contributed by atoms with Crippen molar-refractivity contribution in [3.05, 3.63) is 29.2 Å². The van der Waals surface area contributed by atoms with Crippen molar-refractivity contribution in [3.63, 3.8) is 0 Å². The lowest BCUT2D eigenvalue weighted by atomic mass is 10.1. The van der Waals surface area contributed by atoms with E-state index < -0.39 is 0 Å². The smallest absolute Gasteiger partial charge is 0.157 e. The summed E-state index contributed by atoms with van der Waals surface area (Å²) >= 11 is 5.90. The highest BCUT2D eigenvalue weighted by Gasteiger charge is 2.18. The number of hydrogen-bond acceptors (Lipinski definition) is 3. The van der Waals surface area contributed by atoms with Gasteiger partial charge in [-0.25, -0.2) is 9.50 Å². The molecule has 16 heavy (non-hydrogen) atoms. The molecule has 2 aromatic heterocycles. The minimum atomic E-state index is 0.563. The topological polar surface area (TPSA) is 39.4 Å². The standard InChI is InChI=1S/C11H12ClN3O/c12-9-1-3-15-11(6-9)13-10(14-15)5-8-2-4-16-7-8/h1,3,6,8H,2,4-5,7H2. The molecule has 3 rings (SSSR count). The van der Waals surface area contributed by atoms with E-state index in [0.29, 0.717) is 10.9 Å². The van der Waals surface area contributed by atoms with Crippen LogP contribution in [0, 0.1) is 5.92 Å². The molecule has 0 N–H and O–H groups in total. The first-order valence-electron chi connectivity index (χ1n) is 5.40. The van der Waals surface area contributed by atoms with Crippen molar-refractivity contribution >= 4 is 17.2 Å². The number of pyridine rings is 1. The molecule has 0 saturated carbocycles. The number of halogens is 1. The van der Waals surface area contributed by atoms with Crippen molar-refractivity contribution in [1.82, 2.24) is 14.6 Å². The molecule has 0 aromatic carbocycles. The van der Waals surface area contributed by atoms with E-state index in [4.69, 9.17) is 16.3 Å². The zero-order chi connectivity index (χ0) is 11.0. The summed E-state index contributed by atoms with van der Waals surface area (Å²) in [6.07, 6.45) is 3.83. The van der Waals surface area contributed by atoms with Crippen LogP contribution in [0.1, 0.15) is 12.2 Å². The molecule has 4 nitrogen and oxygen atoms in total. The van der Waals surface area contributed by atoms with Gasteiger partial charge in [-0.15, -0.1) is 0 Å². The molecule has 5 heteroatoms. The van der Waals surface area contributed by atoms with Crippen molar-refractivity contribution in [2.75, 3.05) is 13.2 Å². The van der Waals surface area contributed by atoms with Crippen LogP contribution in [0.4, 0.5) is 0 Å². The maximum atomic E-state index is 5.90.